The molecule has 0 aliphatic rings. The van der Waals surface area contributed by atoms with Crippen molar-refractivity contribution in [3.63, 3.8) is 0 Å². The van der Waals surface area contributed by atoms with E-state index in [0.29, 0.717) is 0 Å². The quantitative estimate of drug-likeness (QED) is 0.380. The van der Waals surface area contributed by atoms with Crippen LogP contribution in [0.4, 0.5) is 0 Å². The van der Waals surface area contributed by atoms with Crippen molar-refractivity contribution >= 4 is 0 Å². The standard InChI is InChI=1S/C2H3N.4ClH.Ti/c1-2-3;;;;;/h1H3;4*1H;/q;;;;;+4/p-4. The van der Waals surface area contributed by atoms with Crippen molar-refractivity contribution in [2.45, 2.75) is 6.92 Å². The zero-order valence-electron chi connectivity index (χ0n) is 3.96. The van der Waals surface area contributed by atoms with E-state index in [-0.39, 0.29) is 71.3 Å². The minimum atomic E-state index is 0. The Hall–Kier alpha value is 1.36. The van der Waals surface area contributed by atoms with Gasteiger partial charge >= 0.3 is 21.7 Å². The average molecular weight is 231 g/mol. The number of nitriles is 1. The van der Waals surface area contributed by atoms with Crippen LogP contribution in [0.5, 0.6) is 0 Å². The van der Waals surface area contributed by atoms with Crippen molar-refractivity contribution in [2.75, 3.05) is 0 Å². The molecule has 0 unspecified atom stereocenters. The van der Waals surface area contributed by atoms with Crippen LogP contribution in [-0.2, 0) is 21.7 Å². The molecule has 0 aromatic heterocycles. The van der Waals surface area contributed by atoms with Crippen LogP contribution in [0.2, 0.25) is 0 Å². The van der Waals surface area contributed by atoms with Crippen LogP contribution in [0.25, 0.3) is 0 Å². The van der Waals surface area contributed by atoms with E-state index in [4.69, 9.17) is 5.26 Å². The Balaban J connectivity index is -0.00000000200. The summed E-state index contributed by atoms with van der Waals surface area (Å²) in [6, 6.07) is 1.75. The second-order valence-electron chi connectivity index (χ2n) is 0.224. The first kappa shape index (κ1) is 57.9. The average Bonchev–Trinajstić information content (AvgIpc) is 0.918. The Bertz CT molecular complexity index is 35.5. The first-order valence-corrected chi connectivity index (χ1v) is 0.724. The van der Waals surface area contributed by atoms with Gasteiger partial charge in [-0.3, -0.25) is 0 Å². The third-order valence-corrected chi connectivity index (χ3v) is 0. The van der Waals surface area contributed by atoms with E-state index in [1.807, 2.05) is 0 Å². The topological polar surface area (TPSA) is 23.8 Å². The Kier molecular flexibility index (Phi) is 587. The molecule has 0 aromatic carbocycles. The number of hydrogen-bond acceptors (Lipinski definition) is 1. The Morgan fingerprint density at radius 3 is 1.00 bits per heavy atom. The van der Waals surface area contributed by atoms with Crippen LogP contribution >= 0.6 is 0 Å². The molecule has 0 bridgehead atoms. The summed E-state index contributed by atoms with van der Waals surface area (Å²) in [5, 5.41) is 7.32. The summed E-state index contributed by atoms with van der Waals surface area (Å²) in [7, 11) is 0. The van der Waals surface area contributed by atoms with Gasteiger partial charge in [0.25, 0.3) is 0 Å². The maximum atomic E-state index is 7.32. The van der Waals surface area contributed by atoms with E-state index in [0.717, 1.165) is 0 Å². The van der Waals surface area contributed by atoms with Gasteiger partial charge in [0.15, 0.2) is 0 Å². The first-order chi connectivity index (χ1) is 1.41. The molecule has 0 N–H and O–H groups in total. The smallest absolute Gasteiger partial charge is 1.00 e. The molecule has 0 heterocycles. The molecule has 6 heteroatoms. The van der Waals surface area contributed by atoms with Crippen molar-refractivity contribution in [1.29, 1.82) is 5.26 Å². The second-order valence-corrected chi connectivity index (χ2v) is 0.224. The molecule has 0 amide bonds. The van der Waals surface area contributed by atoms with E-state index in [2.05, 4.69) is 0 Å². The molecule has 0 aliphatic carbocycles. The molecule has 0 spiro atoms. The molecule has 8 heavy (non-hydrogen) atoms. The van der Waals surface area contributed by atoms with Crippen LogP contribution in [0.1, 0.15) is 6.92 Å². The van der Waals surface area contributed by atoms with Crippen LogP contribution < -0.4 is 49.6 Å². The van der Waals surface area contributed by atoms with Gasteiger partial charge in [0.2, 0.25) is 0 Å². The molecule has 0 aliphatic heterocycles. The second kappa shape index (κ2) is 81.2. The summed E-state index contributed by atoms with van der Waals surface area (Å²) in [6.07, 6.45) is 0. The Morgan fingerprint density at radius 2 is 1.00 bits per heavy atom. The largest absolute Gasteiger partial charge is 4.00 e. The summed E-state index contributed by atoms with van der Waals surface area (Å²) in [5.74, 6) is 0. The monoisotopic (exact) mass is 229 g/mol. The van der Waals surface area contributed by atoms with E-state index >= 15 is 0 Å². The van der Waals surface area contributed by atoms with Crippen molar-refractivity contribution in [1.82, 2.24) is 0 Å². The van der Waals surface area contributed by atoms with Gasteiger partial charge in [-0.2, -0.15) is 5.26 Å². The SMILES string of the molecule is CC#N.[Cl-].[Cl-].[Cl-].[Cl-].[Ti+4]. The van der Waals surface area contributed by atoms with Crippen molar-refractivity contribution < 1.29 is 71.3 Å². The molecular formula is C2H3Cl4NTi. The van der Waals surface area contributed by atoms with Crippen LogP contribution in [0, 0.1) is 11.3 Å². The normalized spacial score (nSPS) is 1.00. The van der Waals surface area contributed by atoms with E-state index < -0.39 is 0 Å². The van der Waals surface area contributed by atoms with Crippen LogP contribution in [-0.4, -0.2) is 0 Å². The molecule has 0 fully saturated rings. The predicted octanol–water partition coefficient (Wildman–Crippen LogP) is -11.5. The fourth-order valence-corrected chi connectivity index (χ4v) is 0. The van der Waals surface area contributed by atoms with Gasteiger partial charge in [-0.15, -0.1) is 0 Å². The molecule has 1 nitrogen and oxygen atoms in total. The number of rotatable bonds is 0. The number of nitrogens with zero attached hydrogens (tertiary/aromatic N) is 1. The summed E-state index contributed by atoms with van der Waals surface area (Å²) < 4.78 is 0. The summed E-state index contributed by atoms with van der Waals surface area (Å²) in [6.45, 7) is 1.43. The minimum Gasteiger partial charge on any atom is -1.00 e. The number of hydrogen-bond donors (Lipinski definition) is 0. The Labute approximate surface area is 89.1 Å². The van der Waals surface area contributed by atoms with Gasteiger partial charge in [0, 0.05) is 6.92 Å². The van der Waals surface area contributed by atoms with Gasteiger partial charge in [-0.05, 0) is 0 Å². The van der Waals surface area contributed by atoms with Gasteiger partial charge in [-0.25, -0.2) is 0 Å². The molecule has 0 saturated heterocycles. The maximum absolute atomic E-state index is 7.32. The van der Waals surface area contributed by atoms with Gasteiger partial charge in [0.05, 0.1) is 6.07 Å². The first-order valence-electron chi connectivity index (χ1n) is 0.724. The Morgan fingerprint density at radius 1 is 1.00 bits per heavy atom. The molecular weight excluding hydrogens is 228 g/mol. The van der Waals surface area contributed by atoms with Gasteiger partial charge in [0.1, 0.15) is 0 Å². The summed E-state index contributed by atoms with van der Waals surface area (Å²) >= 11 is 0. The third kappa shape index (κ3) is 160. The van der Waals surface area contributed by atoms with Crippen LogP contribution in [0.15, 0.2) is 0 Å². The summed E-state index contributed by atoms with van der Waals surface area (Å²) in [5.41, 5.74) is 0. The molecule has 0 rings (SSSR count). The molecule has 0 saturated carbocycles. The summed E-state index contributed by atoms with van der Waals surface area (Å²) in [4.78, 5) is 0. The predicted molar refractivity (Wildman–Crippen MR) is 11.3 cm³/mol. The minimum absolute atomic E-state index is 0. The molecule has 48 valence electrons. The molecule has 0 atom stereocenters. The maximum Gasteiger partial charge on any atom is 4.00 e. The van der Waals surface area contributed by atoms with E-state index in [1.165, 1.54) is 6.92 Å². The van der Waals surface area contributed by atoms with Crippen molar-refractivity contribution in [2.24, 2.45) is 0 Å². The fourth-order valence-electron chi connectivity index (χ4n) is 0. The fraction of sp³-hybridized carbons (Fsp3) is 0.500. The van der Waals surface area contributed by atoms with Gasteiger partial charge < -0.3 is 49.6 Å². The molecule has 0 aromatic rings. The van der Waals surface area contributed by atoms with Crippen molar-refractivity contribution in [3.05, 3.63) is 0 Å². The van der Waals surface area contributed by atoms with Crippen LogP contribution in [0.3, 0.4) is 0 Å². The number of halogens is 4. The third-order valence-electron chi connectivity index (χ3n) is 0. The zero-order chi connectivity index (χ0) is 2.71. The van der Waals surface area contributed by atoms with Gasteiger partial charge in [-0.1, -0.05) is 0 Å². The van der Waals surface area contributed by atoms with E-state index in [9.17, 15) is 0 Å². The van der Waals surface area contributed by atoms with E-state index in [1.54, 1.807) is 6.07 Å². The van der Waals surface area contributed by atoms with Crippen molar-refractivity contribution in [3.8, 4) is 6.07 Å². The zero-order valence-corrected chi connectivity index (χ0v) is 8.54. The molecule has 0 radical (unpaired) electrons.